The van der Waals surface area contributed by atoms with Crippen LogP contribution in [0.1, 0.15) is 21.8 Å². The third kappa shape index (κ3) is 6.23. The van der Waals surface area contributed by atoms with Crippen molar-refractivity contribution >= 4 is 81.4 Å². The number of rotatable bonds is 6. The molecule has 1 fully saturated rings. The predicted octanol–water partition coefficient (Wildman–Crippen LogP) is 4.50. The Balaban J connectivity index is 1.70. The average molecular weight is 553 g/mol. The first-order chi connectivity index (χ1) is 15.4. The molecule has 1 saturated carbocycles. The maximum atomic E-state index is 12.9. The van der Waals surface area contributed by atoms with Crippen molar-refractivity contribution in [3.05, 3.63) is 62.6 Å². The molecule has 0 bridgehead atoms. The Morgan fingerprint density at radius 1 is 0.970 bits per heavy atom. The third-order valence-corrected chi connectivity index (χ3v) is 6.54. The van der Waals surface area contributed by atoms with E-state index in [4.69, 9.17) is 58.0 Å². The summed E-state index contributed by atoms with van der Waals surface area (Å²) in [5.74, 6) is -2.79. The molecule has 2 aromatic carbocycles. The fourth-order valence-electron chi connectivity index (χ4n) is 3.34. The molecule has 2 aromatic rings. The zero-order chi connectivity index (χ0) is 24.5. The van der Waals surface area contributed by atoms with Gasteiger partial charge in [-0.05, 0) is 56.1 Å². The third-order valence-electron chi connectivity index (χ3n) is 4.83. The lowest BCUT2D eigenvalue weighted by Crippen LogP contribution is -2.45. The summed E-state index contributed by atoms with van der Waals surface area (Å²) in [5.41, 5.74) is 5.56. The quantitative estimate of drug-likeness (QED) is 0.364. The molecule has 12 heteroatoms. The molecule has 0 heterocycles. The molecule has 3 rings (SSSR count). The van der Waals surface area contributed by atoms with Gasteiger partial charge in [0.15, 0.2) is 0 Å². The zero-order valence-corrected chi connectivity index (χ0v) is 21.2. The smallest absolute Gasteiger partial charge is 0.271 e. The minimum Gasteiger partial charge on any atom is -0.326 e. The van der Waals surface area contributed by atoms with E-state index in [2.05, 4.69) is 16.2 Å². The number of carbonyl (C=O) groups excluding carboxylic acids is 3. The highest BCUT2D eigenvalue weighted by Gasteiger charge is 2.67. The van der Waals surface area contributed by atoms with Gasteiger partial charge in [-0.1, -0.05) is 34.8 Å². The van der Waals surface area contributed by atoms with Crippen molar-refractivity contribution in [1.82, 2.24) is 15.8 Å². The molecule has 7 nitrogen and oxygen atoms in total. The van der Waals surface area contributed by atoms with Crippen molar-refractivity contribution < 1.29 is 14.4 Å². The number of amides is 3. The number of carbonyl (C=O) groups is 3. The maximum absolute atomic E-state index is 12.9. The number of hydrogen-bond donors (Lipinski definition) is 3. The second-order valence-electron chi connectivity index (χ2n) is 7.76. The Morgan fingerprint density at radius 3 is 2.21 bits per heavy atom. The summed E-state index contributed by atoms with van der Waals surface area (Å²) < 4.78 is -1.35. The van der Waals surface area contributed by atoms with Crippen molar-refractivity contribution in [3.63, 3.8) is 0 Å². The molecule has 1 aliphatic rings. The number of hydrogen-bond acceptors (Lipinski definition) is 4. The summed E-state index contributed by atoms with van der Waals surface area (Å²) in [6.07, 6.45) is 0. The molecule has 176 valence electrons. The number of nitrogens with zero attached hydrogens (tertiary/aromatic N) is 1. The fourth-order valence-corrected chi connectivity index (χ4v) is 4.91. The summed E-state index contributed by atoms with van der Waals surface area (Å²) in [6, 6.07) is 9.23. The lowest BCUT2D eigenvalue weighted by atomic mass is 10.1. The molecule has 3 amide bonds. The van der Waals surface area contributed by atoms with Crippen LogP contribution >= 0.6 is 58.0 Å². The van der Waals surface area contributed by atoms with E-state index in [9.17, 15) is 14.4 Å². The van der Waals surface area contributed by atoms with Gasteiger partial charge in [0.2, 0.25) is 5.91 Å². The number of benzene rings is 2. The molecule has 33 heavy (non-hydrogen) atoms. The number of nitrogens with one attached hydrogen (secondary N) is 3. The highest BCUT2D eigenvalue weighted by Crippen LogP contribution is 2.65. The molecule has 3 N–H and O–H groups in total. The second-order valence-corrected chi connectivity index (χ2v) is 10.5. The van der Waals surface area contributed by atoms with E-state index in [0.29, 0.717) is 21.3 Å². The van der Waals surface area contributed by atoms with Crippen molar-refractivity contribution in [2.45, 2.75) is 10.3 Å². The summed E-state index contributed by atoms with van der Waals surface area (Å²) >= 11 is 31.0. The number of anilines is 1. The van der Waals surface area contributed by atoms with E-state index < -0.39 is 33.9 Å². The molecular formula is C21H19Cl5N4O3. The van der Waals surface area contributed by atoms with Gasteiger partial charge in [0.25, 0.3) is 11.8 Å². The van der Waals surface area contributed by atoms with Gasteiger partial charge < -0.3 is 10.2 Å². The molecular weight excluding hydrogens is 534 g/mol. The molecule has 1 aliphatic carbocycles. The SMILES string of the molecule is CN(C)CC(=O)NNC(=O)c1cc(NC(=O)[C@H]2[C@H](c3cc(Cl)cc(Cl)c3)C2(Cl)Cl)ccc1Cl. The van der Waals surface area contributed by atoms with Crippen molar-refractivity contribution in [3.8, 4) is 0 Å². The molecule has 0 aliphatic heterocycles. The van der Waals surface area contributed by atoms with E-state index in [0.717, 1.165) is 0 Å². The van der Waals surface area contributed by atoms with Crippen LogP contribution in [-0.4, -0.2) is 47.6 Å². The minimum atomic E-state index is -1.35. The Bertz CT molecular complexity index is 1090. The van der Waals surface area contributed by atoms with Crippen LogP contribution in [0.25, 0.3) is 0 Å². The van der Waals surface area contributed by atoms with Crippen molar-refractivity contribution in [2.75, 3.05) is 26.0 Å². The highest BCUT2D eigenvalue weighted by atomic mass is 35.5. The lowest BCUT2D eigenvalue weighted by molar-refractivity contribution is -0.122. The van der Waals surface area contributed by atoms with E-state index in [1.165, 1.54) is 18.2 Å². The molecule has 0 saturated heterocycles. The standard InChI is InChI=1S/C21H19Cl5N4O3/c1-30(2)9-16(31)28-29-19(32)14-8-13(3-4-15(14)24)27-20(33)18-17(21(18,25)26)10-5-11(22)7-12(23)6-10/h3-8,17-18H,9H2,1-2H3,(H,27,33)(H,28,31)(H,29,32)/t17-,18+/m0/s1. The van der Waals surface area contributed by atoms with Crippen LogP contribution in [0.4, 0.5) is 5.69 Å². The minimum absolute atomic E-state index is 0.0524. The number of halogens is 5. The maximum Gasteiger partial charge on any atom is 0.271 e. The molecule has 0 unspecified atom stereocenters. The van der Waals surface area contributed by atoms with Gasteiger partial charge in [-0.15, -0.1) is 23.2 Å². The Labute approximate surface area is 215 Å². The van der Waals surface area contributed by atoms with Gasteiger partial charge in [-0.25, -0.2) is 0 Å². The van der Waals surface area contributed by atoms with Crippen LogP contribution in [0, 0.1) is 5.92 Å². The molecule has 0 spiro atoms. The normalized spacial score (nSPS) is 18.5. The number of alkyl halides is 2. The number of hydrazine groups is 1. The van der Waals surface area contributed by atoms with Crippen LogP contribution in [0.3, 0.4) is 0 Å². The largest absolute Gasteiger partial charge is 0.326 e. The van der Waals surface area contributed by atoms with E-state index in [1.807, 2.05) is 0 Å². The lowest BCUT2D eigenvalue weighted by Gasteiger charge is -2.12. The van der Waals surface area contributed by atoms with Crippen LogP contribution in [-0.2, 0) is 9.59 Å². The first kappa shape index (κ1) is 25.9. The average Bonchev–Trinajstić information content (AvgIpc) is 3.28. The Hall–Kier alpha value is -1.74. The van der Waals surface area contributed by atoms with Gasteiger partial charge in [-0.3, -0.25) is 25.2 Å². The summed E-state index contributed by atoms with van der Waals surface area (Å²) in [7, 11) is 3.43. The second kappa shape index (κ2) is 10.3. The van der Waals surface area contributed by atoms with Gasteiger partial charge in [0.05, 0.1) is 23.0 Å². The highest BCUT2D eigenvalue weighted by molar-refractivity contribution is 6.53. The zero-order valence-electron chi connectivity index (χ0n) is 17.4. The van der Waals surface area contributed by atoms with Crippen molar-refractivity contribution in [1.29, 1.82) is 0 Å². The molecule has 2 atom stereocenters. The van der Waals surface area contributed by atoms with E-state index >= 15 is 0 Å². The van der Waals surface area contributed by atoms with Crippen LogP contribution < -0.4 is 16.2 Å². The van der Waals surface area contributed by atoms with E-state index in [1.54, 1.807) is 37.2 Å². The fraction of sp³-hybridized carbons (Fsp3) is 0.286. The van der Waals surface area contributed by atoms with Crippen molar-refractivity contribution in [2.24, 2.45) is 5.92 Å². The number of likely N-dealkylation sites (N-methyl/N-ethyl adjacent to an activating group) is 1. The van der Waals surface area contributed by atoms with Crippen LogP contribution in [0.5, 0.6) is 0 Å². The predicted molar refractivity (Wildman–Crippen MR) is 131 cm³/mol. The van der Waals surface area contributed by atoms with Gasteiger partial charge in [0.1, 0.15) is 4.33 Å². The summed E-state index contributed by atoms with van der Waals surface area (Å²) in [4.78, 5) is 38.7. The summed E-state index contributed by atoms with van der Waals surface area (Å²) in [5, 5.41) is 3.63. The van der Waals surface area contributed by atoms with Crippen LogP contribution in [0.15, 0.2) is 36.4 Å². The summed E-state index contributed by atoms with van der Waals surface area (Å²) in [6.45, 7) is 0.0864. The van der Waals surface area contributed by atoms with E-state index in [-0.39, 0.29) is 17.1 Å². The topological polar surface area (TPSA) is 90.5 Å². The van der Waals surface area contributed by atoms with Gasteiger partial charge >= 0.3 is 0 Å². The van der Waals surface area contributed by atoms with Gasteiger partial charge in [0, 0.05) is 21.7 Å². The Kier molecular flexibility index (Phi) is 8.04. The first-order valence-corrected chi connectivity index (χ1v) is 11.5. The first-order valence-electron chi connectivity index (χ1n) is 9.58. The molecule has 0 radical (unpaired) electrons. The molecule has 0 aromatic heterocycles. The Morgan fingerprint density at radius 2 is 1.61 bits per heavy atom. The van der Waals surface area contributed by atoms with Crippen LogP contribution in [0.2, 0.25) is 15.1 Å². The monoisotopic (exact) mass is 550 g/mol. The van der Waals surface area contributed by atoms with Gasteiger partial charge in [-0.2, -0.15) is 0 Å².